The quantitative estimate of drug-likeness (QED) is 0.508. The van der Waals surface area contributed by atoms with Crippen LogP contribution in [-0.2, 0) is 21.9 Å². The number of imidazole rings is 1. The van der Waals surface area contributed by atoms with Crippen molar-refractivity contribution in [1.82, 2.24) is 19.6 Å². The van der Waals surface area contributed by atoms with Crippen molar-refractivity contribution in [2.24, 2.45) is 7.05 Å². The summed E-state index contributed by atoms with van der Waals surface area (Å²) in [5, 5.41) is 2.89. The van der Waals surface area contributed by atoms with Crippen LogP contribution in [0.5, 0.6) is 0 Å². The molecule has 2 aromatic carbocycles. The second-order valence-electron chi connectivity index (χ2n) is 8.55. The molecule has 1 amide bonds. The van der Waals surface area contributed by atoms with Gasteiger partial charge in [0.05, 0.1) is 4.90 Å². The fraction of sp³-hybridized carbons (Fsp3) is 0.360. The number of nitrogens with zero attached hydrogens (tertiary/aromatic N) is 2. The summed E-state index contributed by atoms with van der Waals surface area (Å²) in [4.78, 5) is 17.3. The monoisotopic (exact) mass is 486 g/mol. The first-order valence-corrected chi connectivity index (χ1v) is 12.5. The SMILES string of the molecule is Cc1c(C)c(C)c(S(=O)(=O)NCCC(=O)NC(c2ccc(F)cc2)c2nccn2C)c(C)c1C. The molecule has 9 heteroatoms. The Morgan fingerprint density at radius 1 is 1.00 bits per heavy atom. The minimum Gasteiger partial charge on any atom is -0.342 e. The fourth-order valence-corrected chi connectivity index (χ4v) is 5.71. The van der Waals surface area contributed by atoms with Gasteiger partial charge in [-0.05, 0) is 80.1 Å². The van der Waals surface area contributed by atoms with Gasteiger partial charge in [-0.1, -0.05) is 12.1 Å². The standard InChI is InChI=1S/C25H31FN4O3S/c1-15-16(2)18(4)24(19(5)17(15)3)34(32,33)28-12-11-22(31)29-23(25-27-13-14-30(25)6)20-7-9-21(26)10-8-20/h7-10,13-14,23,28H,11-12H2,1-6H3,(H,29,31). The number of amides is 1. The molecule has 0 saturated heterocycles. The second kappa shape index (κ2) is 10.1. The maximum Gasteiger partial charge on any atom is 0.241 e. The zero-order valence-electron chi connectivity index (χ0n) is 20.4. The number of rotatable bonds is 8. The Kier molecular flexibility index (Phi) is 7.57. The summed E-state index contributed by atoms with van der Waals surface area (Å²) >= 11 is 0. The van der Waals surface area contributed by atoms with Crippen molar-refractivity contribution < 1.29 is 17.6 Å². The summed E-state index contributed by atoms with van der Waals surface area (Å²) in [5.41, 5.74) is 5.06. The van der Waals surface area contributed by atoms with E-state index in [2.05, 4.69) is 15.0 Å². The average Bonchev–Trinajstić information content (AvgIpc) is 3.20. The van der Waals surface area contributed by atoms with Crippen LogP contribution < -0.4 is 10.0 Å². The predicted molar refractivity (Wildman–Crippen MR) is 130 cm³/mol. The highest BCUT2D eigenvalue weighted by Gasteiger charge is 2.24. The average molecular weight is 487 g/mol. The van der Waals surface area contributed by atoms with E-state index in [1.165, 1.54) is 12.1 Å². The number of aromatic nitrogens is 2. The zero-order chi connectivity index (χ0) is 25.2. The molecule has 0 bridgehead atoms. The molecular weight excluding hydrogens is 455 g/mol. The maximum atomic E-state index is 13.4. The molecule has 1 atom stereocenters. The van der Waals surface area contributed by atoms with Gasteiger partial charge < -0.3 is 9.88 Å². The number of nitrogens with one attached hydrogen (secondary N) is 2. The normalized spacial score (nSPS) is 12.6. The highest BCUT2D eigenvalue weighted by molar-refractivity contribution is 7.89. The molecule has 0 aliphatic heterocycles. The van der Waals surface area contributed by atoms with E-state index < -0.39 is 16.1 Å². The second-order valence-corrected chi connectivity index (χ2v) is 10.3. The van der Waals surface area contributed by atoms with Gasteiger partial charge in [-0.2, -0.15) is 0 Å². The van der Waals surface area contributed by atoms with Crippen LogP contribution in [0.3, 0.4) is 0 Å². The van der Waals surface area contributed by atoms with Crippen molar-refractivity contribution in [3.05, 3.63) is 81.7 Å². The first kappa shape index (κ1) is 25.6. The number of aryl methyl sites for hydroxylation is 1. The van der Waals surface area contributed by atoms with E-state index in [0.29, 0.717) is 22.5 Å². The predicted octanol–water partition coefficient (Wildman–Crippen LogP) is 3.68. The lowest BCUT2D eigenvalue weighted by Crippen LogP contribution is -2.34. The summed E-state index contributed by atoms with van der Waals surface area (Å²) in [7, 11) is -2.00. The van der Waals surface area contributed by atoms with Crippen LogP contribution in [0.1, 0.15) is 51.7 Å². The molecule has 182 valence electrons. The van der Waals surface area contributed by atoms with Crippen LogP contribution in [0, 0.1) is 40.4 Å². The third-order valence-electron chi connectivity index (χ3n) is 6.47. The number of carbonyl (C=O) groups is 1. The molecular formula is C25H31FN4O3S. The molecule has 1 unspecified atom stereocenters. The van der Waals surface area contributed by atoms with Gasteiger partial charge in [-0.3, -0.25) is 4.79 Å². The molecule has 1 heterocycles. The van der Waals surface area contributed by atoms with Gasteiger partial charge in [0.2, 0.25) is 15.9 Å². The van der Waals surface area contributed by atoms with Crippen LogP contribution in [0.15, 0.2) is 41.6 Å². The first-order valence-electron chi connectivity index (χ1n) is 11.0. The summed E-state index contributed by atoms with van der Waals surface area (Å²) in [5.74, 6) is -0.155. The third-order valence-corrected chi connectivity index (χ3v) is 8.20. The maximum absolute atomic E-state index is 13.4. The molecule has 7 nitrogen and oxygen atoms in total. The van der Waals surface area contributed by atoms with Crippen LogP contribution in [-0.4, -0.2) is 30.4 Å². The Balaban J connectivity index is 1.74. The largest absolute Gasteiger partial charge is 0.342 e. The Morgan fingerprint density at radius 2 is 1.56 bits per heavy atom. The van der Waals surface area contributed by atoms with E-state index in [0.717, 1.165) is 16.7 Å². The van der Waals surface area contributed by atoms with Crippen molar-refractivity contribution in [2.45, 2.75) is 52.0 Å². The van der Waals surface area contributed by atoms with Gasteiger partial charge >= 0.3 is 0 Å². The van der Waals surface area contributed by atoms with Crippen LogP contribution in [0.4, 0.5) is 4.39 Å². The summed E-state index contributed by atoms with van der Waals surface area (Å²) in [6.07, 6.45) is 3.30. The van der Waals surface area contributed by atoms with Crippen LogP contribution in [0.25, 0.3) is 0 Å². The number of sulfonamides is 1. The highest BCUT2D eigenvalue weighted by Crippen LogP contribution is 2.29. The Labute approximate surface area is 200 Å². The molecule has 0 spiro atoms. The van der Waals surface area contributed by atoms with Crippen molar-refractivity contribution in [3.8, 4) is 0 Å². The minimum absolute atomic E-state index is 0.0598. The van der Waals surface area contributed by atoms with E-state index in [1.54, 1.807) is 50.0 Å². The molecule has 0 aliphatic carbocycles. The molecule has 2 N–H and O–H groups in total. The Bertz CT molecular complexity index is 1290. The number of benzene rings is 2. The molecule has 0 aliphatic rings. The number of carbonyl (C=O) groups excluding carboxylic acids is 1. The van der Waals surface area contributed by atoms with E-state index in [4.69, 9.17) is 0 Å². The molecule has 0 fully saturated rings. The molecule has 1 aromatic heterocycles. The van der Waals surface area contributed by atoms with Gasteiger partial charge in [0, 0.05) is 32.4 Å². The fourth-order valence-electron chi connectivity index (χ4n) is 4.08. The highest BCUT2D eigenvalue weighted by atomic mass is 32.2. The van der Waals surface area contributed by atoms with Crippen molar-refractivity contribution in [3.63, 3.8) is 0 Å². The summed E-state index contributed by atoms with van der Waals surface area (Å²) in [6.45, 7) is 9.35. The third kappa shape index (κ3) is 5.20. The summed E-state index contributed by atoms with van der Waals surface area (Å²) in [6, 6.07) is 5.22. The minimum atomic E-state index is -3.80. The van der Waals surface area contributed by atoms with Crippen LogP contribution in [0.2, 0.25) is 0 Å². The van der Waals surface area contributed by atoms with Gasteiger partial charge in [0.15, 0.2) is 0 Å². The molecule has 3 rings (SSSR count). The smallest absolute Gasteiger partial charge is 0.241 e. The van der Waals surface area contributed by atoms with Gasteiger partial charge in [0.25, 0.3) is 0 Å². The lowest BCUT2D eigenvalue weighted by molar-refractivity contribution is -0.121. The Hall–Kier alpha value is -3.04. The summed E-state index contributed by atoms with van der Waals surface area (Å²) < 4.78 is 43.9. The lowest BCUT2D eigenvalue weighted by Gasteiger charge is -2.20. The number of halogens is 1. The van der Waals surface area contributed by atoms with Crippen molar-refractivity contribution in [2.75, 3.05) is 6.54 Å². The van der Waals surface area contributed by atoms with Gasteiger partial charge in [-0.15, -0.1) is 0 Å². The van der Waals surface area contributed by atoms with E-state index in [1.807, 2.05) is 20.8 Å². The van der Waals surface area contributed by atoms with E-state index in [9.17, 15) is 17.6 Å². The lowest BCUT2D eigenvalue weighted by atomic mass is 9.95. The molecule has 0 saturated carbocycles. The molecule has 0 radical (unpaired) electrons. The van der Waals surface area contributed by atoms with Gasteiger partial charge in [-0.25, -0.2) is 22.5 Å². The van der Waals surface area contributed by atoms with E-state index in [-0.39, 0.29) is 29.6 Å². The van der Waals surface area contributed by atoms with Crippen molar-refractivity contribution >= 4 is 15.9 Å². The molecule has 34 heavy (non-hydrogen) atoms. The zero-order valence-corrected chi connectivity index (χ0v) is 21.2. The first-order chi connectivity index (χ1) is 15.9. The topological polar surface area (TPSA) is 93.1 Å². The number of hydrogen-bond donors (Lipinski definition) is 2. The number of hydrogen-bond acceptors (Lipinski definition) is 4. The van der Waals surface area contributed by atoms with Gasteiger partial charge in [0.1, 0.15) is 17.7 Å². The van der Waals surface area contributed by atoms with Crippen molar-refractivity contribution in [1.29, 1.82) is 0 Å². The molecule has 3 aromatic rings. The van der Waals surface area contributed by atoms with Crippen LogP contribution >= 0.6 is 0 Å². The van der Waals surface area contributed by atoms with E-state index >= 15 is 0 Å². The Morgan fingerprint density at radius 3 is 2.09 bits per heavy atom.